The Hall–Kier alpha value is -2.07. The zero-order valence-electron chi connectivity index (χ0n) is 12.3. The fraction of sp³-hybridized carbons (Fsp3) is 0.353. The summed E-state index contributed by atoms with van der Waals surface area (Å²) < 4.78 is 7.44. The van der Waals surface area contributed by atoms with E-state index in [-0.39, 0.29) is 5.91 Å². The van der Waals surface area contributed by atoms with E-state index in [0.29, 0.717) is 26.3 Å². The van der Waals surface area contributed by atoms with Gasteiger partial charge in [0, 0.05) is 36.7 Å². The van der Waals surface area contributed by atoms with E-state index in [0.717, 1.165) is 28.6 Å². The van der Waals surface area contributed by atoms with Crippen molar-refractivity contribution in [2.45, 2.75) is 13.5 Å². The molecule has 2 heterocycles. The van der Waals surface area contributed by atoms with Gasteiger partial charge in [0.25, 0.3) is 5.91 Å². The van der Waals surface area contributed by atoms with Crippen LogP contribution in [-0.2, 0) is 11.3 Å². The van der Waals surface area contributed by atoms with Gasteiger partial charge in [0.1, 0.15) is 0 Å². The first-order valence-electron chi connectivity index (χ1n) is 7.37. The zero-order chi connectivity index (χ0) is 14.8. The third kappa shape index (κ3) is 2.47. The number of fused-ring (bicyclic) bond motifs is 1. The number of amides is 1. The molecule has 0 bridgehead atoms. The summed E-state index contributed by atoms with van der Waals surface area (Å²) in [6.07, 6.45) is 3.80. The van der Waals surface area contributed by atoms with E-state index in [4.69, 9.17) is 4.74 Å². The number of rotatable bonds is 3. The van der Waals surface area contributed by atoms with Crippen molar-refractivity contribution in [3.63, 3.8) is 0 Å². The first-order valence-corrected chi connectivity index (χ1v) is 7.37. The molecule has 2 aromatic rings. The molecule has 21 heavy (non-hydrogen) atoms. The lowest BCUT2D eigenvalue weighted by atomic mass is 10.1. The summed E-state index contributed by atoms with van der Waals surface area (Å²) >= 11 is 0. The number of carbonyl (C=O) groups is 1. The van der Waals surface area contributed by atoms with Gasteiger partial charge in [-0.05, 0) is 18.6 Å². The molecule has 1 aliphatic heterocycles. The third-order valence-corrected chi connectivity index (χ3v) is 4.01. The molecule has 0 unspecified atom stereocenters. The van der Waals surface area contributed by atoms with Crippen LogP contribution in [0.5, 0.6) is 0 Å². The average molecular weight is 284 g/mol. The number of morpholine rings is 1. The number of ether oxygens (including phenoxy) is 1. The molecule has 0 saturated carbocycles. The predicted molar refractivity (Wildman–Crippen MR) is 84.4 cm³/mol. The number of aryl methyl sites for hydroxylation is 1. The van der Waals surface area contributed by atoms with Crippen LogP contribution in [0.25, 0.3) is 17.0 Å². The quantitative estimate of drug-likeness (QED) is 0.868. The van der Waals surface area contributed by atoms with Crippen molar-refractivity contribution in [3.8, 4) is 0 Å². The van der Waals surface area contributed by atoms with E-state index < -0.39 is 0 Å². The molecule has 1 fully saturated rings. The molecule has 0 aliphatic carbocycles. The van der Waals surface area contributed by atoms with Crippen LogP contribution < -0.4 is 0 Å². The van der Waals surface area contributed by atoms with Gasteiger partial charge in [-0.3, -0.25) is 4.79 Å². The minimum Gasteiger partial charge on any atom is -0.378 e. The molecular formula is C17H20N2O2. The molecule has 0 spiro atoms. The maximum absolute atomic E-state index is 12.7. The van der Waals surface area contributed by atoms with Gasteiger partial charge >= 0.3 is 0 Å². The Kier molecular flexibility index (Phi) is 3.80. The van der Waals surface area contributed by atoms with Crippen LogP contribution in [0, 0.1) is 0 Å². The highest BCUT2D eigenvalue weighted by atomic mass is 16.5. The standard InChI is InChI=1S/C17H20N2O2/c1-3-13-5-6-14-15(12-18(4-2)16(14)11-13)17(20)19-7-9-21-10-8-19/h3,5-6,11-12H,1,4,7-10H2,2H3. The Balaban J connectivity index is 2.05. The normalized spacial score (nSPS) is 15.4. The van der Waals surface area contributed by atoms with E-state index in [1.807, 2.05) is 29.3 Å². The second-order valence-corrected chi connectivity index (χ2v) is 5.21. The van der Waals surface area contributed by atoms with Crippen LogP contribution in [0.15, 0.2) is 31.0 Å². The smallest absolute Gasteiger partial charge is 0.256 e. The number of hydrogen-bond donors (Lipinski definition) is 0. The van der Waals surface area contributed by atoms with E-state index in [1.165, 1.54) is 0 Å². The van der Waals surface area contributed by atoms with Crippen LogP contribution in [0.2, 0.25) is 0 Å². The van der Waals surface area contributed by atoms with Gasteiger partial charge in [-0.2, -0.15) is 0 Å². The molecule has 1 amide bonds. The first-order chi connectivity index (χ1) is 10.2. The SMILES string of the molecule is C=Cc1ccc2c(C(=O)N3CCOCC3)cn(CC)c2c1. The number of benzene rings is 1. The van der Waals surface area contributed by atoms with Gasteiger partial charge in [0.2, 0.25) is 0 Å². The summed E-state index contributed by atoms with van der Waals surface area (Å²) in [6, 6.07) is 6.11. The predicted octanol–water partition coefficient (Wildman–Crippen LogP) is 2.78. The fourth-order valence-electron chi connectivity index (χ4n) is 2.80. The summed E-state index contributed by atoms with van der Waals surface area (Å²) in [5.74, 6) is 0.0989. The lowest BCUT2D eigenvalue weighted by Gasteiger charge is -2.26. The Morgan fingerprint density at radius 2 is 2.14 bits per heavy atom. The molecule has 1 aromatic heterocycles. The minimum absolute atomic E-state index is 0.0989. The number of nitrogens with zero attached hydrogens (tertiary/aromatic N) is 2. The second-order valence-electron chi connectivity index (χ2n) is 5.21. The van der Waals surface area contributed by atoms with Gasteiger partial charge in [0.15, 0.2) is 0 Å². The van der Waals surface area contributed by atoms with Gasteiger partial charge in [-0.1, -0.05) is 24.8 Å². The molecule has 0 N–H and O–H groups in total. The number of carbonyl (C=O) groups excluding carboxylic acids is 1. The molecule has 1 aliphatic rings. The molecule has 1 saturated heterocycles. The van der Waals surface area contributed by atoms with E-state index in [9.17, 15) is 4.79 Å². The third-order valence-electron chi connectivity index (χ3n) is 4.01. The van der Waals surface area contributed by atoms with Crippen molar-refractivity contribution in [1.29, 1.82) is 0 Å². The molecule has 4 heteroatoms. The maximum atomic E-state index is 12.7. The molecule has 0 radical (unpaired) electrons. The largest absolute Gasteiger partial charge is 0.378 e. The van der Waals surface area contributed by atoms with Crippen LogP contribution in [0.3, 0.4) is 0 Å². The van der Waals surface area contributed by atoms with Gasteiger partial charge in [0.05, 0.1) is 18.8 Å². The topological polar surface area (TPSA) is 34.5 Å². The van der Waals surface area contributed by atoms with E-state index >= 15 is 0 Å². The molecule has 0 atom stereocenters. The summed E-state index contributed by atoms with van der Waals surface area (Å²) in [5, 5.41) is 1.01. The highest BCUT2D eigenvalue weighted by molar-refractivity contribution is 6.07. The second kappa shape index (κ2) is 5.74. The van der Waals surface area contributed by atoms with Crippen molar-refractivity contribution in [2.75, 3.05) is 26.3 Å². The van der Waals surface area contributed by atoms with Crippen LogP contribution in [-0.4, -0.2) is 41.7 Å². The van der Waals surface area contributed by atoms with Crippen molar-refractivity contribution in [2.24, 2.45) is 0 Å². The van der Waals surface area contributed by atoms with E-state index in [2.05, 4.69) is 24.1 Å². The Morgan fingerprint density at radius 1 is 1.38 bits per heavy atom. The molecule has 1 aromatic carbocycles. The summed E-state index contributed by atoms with van der Waals surface area (Å²) in [7, 11) is 0. The molecule has 4 nitrogen and oxygen atoms in total. The van der Waals surface area contributed by atoms with Crippen LogP contribution in [0.4, 0.5) is 0 Å². The Labute approximate surface area is 124 Å². The molecule has 3 rings (SSSR count). The Bertz CT molecular complexity index is 681. The van der Waals surface area contributed by atoms with Gasteiger partial charge < -0.3 is 14.2 Å². The van der Waals surface area contributed by atoms with Crippen molar-refractivity contribution >= 4 is 22.9 Å². The highest BCUT2D eigenvalue weighted by Gasteiger charge is 2.22. The zero-order valence-corrected chi connectivity index (χ0v) is 12.3. The monoisotopic (exact) mass is 284 g/mol. The number of hydrogen-bond acceptors (Lipinski definition) is 2. The summed E-state index contributed by atoms with van der Waals surface area (Å²) in [5.41, 5.74) is 2.94. The summed E-state index contributed by atoms with van der Waals surface area (Å²) in [4.78, 5) is 14.6. The Morgan fingerprint density at radius 3 is 2.81 bits per heavy atom. The van der Waals surface area contributed by atoms with Crippen LogP contribution in [0.1, 0.15) is 22.8 Å². The van der Waals surface area contributed by atoms with Crippen LogP contribution >= 0.6 is 0 Å². The summed E-state index contributed by atoms with van der Waals surface area (Å²) in [6.45, 7) is 9.32. The van der Waals surface area contributed by atoms with Crippen molar-refractivity contribution in [1.82, 2.24) is 9.47 Å². The van der Waals surface area contributed by atoms with E-state index in [1.54, 1.807) is 0 Å². The minimum atomic E-state index is 0.0989. The van der Waals surface area contributed by atoms with Gasteiger partial charge in [-0.25, -0.2) is 0 Å². The number of aromatic nitrogens is 1. The molecular weight excluding hydrogens is 264 g/mol. The van der Waals surface area contributed by atoms with Gasteiger partial charge in [-0.15, -0.1) is 0 Å². The first kappa shape index (κ1) is 13.9. The van der Waals surface area contributed by atoms with Crippen molar-refractivity contribution in [3.05, 3.63) is 42.1 Å². The highest BCUT2D eigenvalue weighted by Crippen LogP contribution is 2.25. The molecule has 110 valence electrons. The fourth-order valence-corrected chi connectivity index (χ4v) is 2.80. The van der Waals surface area contributed by atoms with Crippen molar-refractivity contribution < 1.29 is 9.53 Å². The average Bonchev–Trinajstić information content (AvgIpc) is 2.92. The lowest BCUT2D eigenvalue weighted by Crippen LogP contribution is -2.40. The lowest BCUT2D eigenvalue weighted by molar-refractivity contribution is 0.0304. The maximum Gasteiger partial charge on any atom is 0.256 e.